The maximum Gasteiger partial charge on any atom is 0.509 e. The monoisotopic (exact) mass is 370 g/mol. The zero-order chi connectivity index (χ0) is 19.5. The predicted octanol–water partition coefficient (Wildman–Crippen LogP) is 5.23. The number of carbonyl (C=O) groups is 2. The summed E-state index contributed by atoms with van der Waals surface area (Å²) in [6.07, 6.45) is 3.95. The van der Waals surface area contributed by atoms with Crippen LogP contribution in [0.4, 0.5) is 9.59 Å². The van der Waals surface area contributed by atoms with Gasteiger partial charge in [0.15, 0.2) is 0 Å². The van der Waals surface area contributed by atoms with E-state index in [1.807, 2.05) is 41.5 Å². The molecule has 0 radical (unpaired) electrons. The summed E-state index contributed by atoms with van der Waals surface area (Å²) in [6, 6.07) is 0. The van der Waals surface area contributed by atoms with Gasteiger partial charge in [0, 0.05) is 11.8 Å². The number of carbonyl (C=O) groups excluding carboxylic acids is 2. The van der Waals surface area contributed by atoms with Crippen molar-refractivity contribution in [1.29, 1.82) is 0 Å². The minimum Gasteiger partial charge on any atom is -0.431 e. The van der Waals surface area contributed by atoms with E-state index in [1.165, 1.54) is 0 Å². The Hall–Kier alpha value is -1.46. The average molecular weight is 370 g/mol. The standard InChI is InChI=1S/C20H34O6/c1-19(2,3)25-17(21)23-15-11-7-10-14-13(15)9-8-12-16(14)24-18(22)26-20(4,5)6/h13-16H,7-12H2,1-6H3. The van der Waals surface area contributed by atoms with E-state index < -0.39 is 23.5 Å². The Morgan fingerprint density at radius 3 is 1.31 bits per heavy atom. The van der Waals surface area contributed by atoms with Crippen molar-refractivity contribution in [1.82, 2.24) is 0 Å². The van der Waals surface area contributed by atoms with E-state index >= 15 is 0 Å². The van der Waals surface area contributed by atoms with Crippen molar-refractivity contribution >= 4 is 12.3 Å². The van der Waals surface area contributed by atoms with Crippen molar-refractivity contribution in [2.45, 2.75) is 103 Å². The highest BCUT2D eigenvalue weighted by atomic mass is 16.7. The van der Waals surface area contributed by atoms with Gasteiger partial charge in [-0.3, -0.25) is 0 Å². The van der Waals surface area contributed by atoms with Gasteiger partial charge in [-0.25, -0.2) is 9.59 Å². The summed E-state index contributed by atoms with van der Waals surface area (Å²) < 4.78 is 21.9. The fourth-order valence-corrected chi connectivity index (χ4v) is 3.98. The smallest absolute Gasteiger partial charge is 0.431 e. The number of hydrogen-bond acceptors (Lipinski definition) is 6. The van der Waals surface area contributed by atoms with Gasteiger partial charge in [-0.05, 0) is 80.1 Å². The van der Waals surface area contributed by atoms with Gasteiger partial charge in [0.1, 0.15) is 23.4 Å². The molecule has 6 nitrogen and oxygen atoms in total. The largest absolute Gasteiger partial charge is 0.509 e. The summed E-state index contributed by atoms with van der Waals surface area (Å²) in [5.74, 6) is 0.412. The first-order chi connectivity index (χ1) is 11.9. The van der Waals surface area contributed by atoms with Crippen LogP contribution in [0.2, 0.25) is 0 Å². The molecule has 2 rings (SSSR count). The van der Waals surface area contributed by atoms with Crippen molar-refractivity contribution in [3.8, 4) is 0 Å². The summed E-state index contributed by atoms with van der Waals surface area (Å²) in [5, 5.41) is 0. The summed E-state index contributed by atoms with van der Waals surface area (Å²) >= 11 is 0. The molecule has 0 aliphatic heterocycles. The third kappa shape index (κ3) is 6.36. The van der Waals surface area contributed by atoms with Crippen molar-refractivity contribution < 1.29 is 28.5 Å². The quantitative estimate of drug-likeness (QED) is 0.620. The Balaban J connectivity index is 1.97. The third-order valence-corrected chi connectivity index (χ3v) is 4.83. The van der Waals surface area contributed by atoms with Gasteiger partial charge in [-0.15, -0.1) is 0 Å². The van der Waals surface area contributed by atoms with Gasteiger partial charge >= 0.3 is 12.3 Å². The first-order valence-electron chi connectivity index (χ1n) is 9.74. The minimum atomic E-state index is -0.613. The lowest BCUT2D eigenvalue weighted by atomic mass is 9.68. The molecule has 0 amide bonds. The van der Waals surface area contributed by atoms with Crippen LogP contribution < -0.4 is 0 Å². The molecule has 0 bridgehead atoms. The first kappa shape index (κ1) is 20.8. The van der Waals surface area contributed by atoms with Crippen LogP contribution in [-0.4, -0.2) is 35.7 Å². The van der Waals surface area contributed by atoms with Gasteiger partial charge in [0.25, 0.3) is 0 Å². The molecule has 0 saturated heterocycles. The molecule has 6 heteroatoms. The van der Waals surface area contributed by atoms with E-state index in [9.17, 15) is 9.59 Å². The molecular weight excluding hydrogens is 336 g/mol. The Morgan fingerprint density at radius 1 is 0.654 bits per heavy atom. The van der Waals surface area contributed by atoms with Gasteiger partial charge < -0.3 is 18.9 Å². The minimum absolute atomic E-state index is 0.173. The van der Waals surface area contributed by atoms with E-state index in [4.69, 9.17) is 18.9 Å². The van der Waals surface area contributed by atoms with Crippen LogP contribution in [0.1, 0.15) is 80.1 Å². The van der Waals surface area contributed by atoms with Crippen molar-refractivity contribution in [3.05, 3.63) is 0 Å². The lowest BCUT2D eigenvalue weighted by molar-refractivity contribution is -0.104. The molecule has 0 heterocycles. The highest BCUT2D eigenvalue weighted by Gasteiger charge is 2.44. The normalized spacial score (nSPS) is 29.3. The second-order valence-electron chi connectivity index (χ2n) is 9.43. The molecule has 0 aromatic carbocycles. The highest BCUT2D eigenvalue weighted by Crippen LogP contribution is 2.43. The number of hydrogen-bond donors (Lipinski definition) is 0. The van der Waals surface area contributed by atoms with Crippen LogP contribution in [0.25, 0.3) is 0 Å². The number of rotatable bonds is 2. The molecular formula is C20H34O6. The molecule has 4 unspecified atom stereocenters. The lowest BCUT2D eigenvalue weighted by Gasteiger charge is -2.44. The fraction of sp³-hybridized carbons (Fsp3) is 0.900. The van der Waals surface area contributed by atoms with E-state index in [1.54, 1.807) is 0 Å². The molecule has 0 aromatic rings. The molecule has 150 valence electrons. The second kappa shape index (κ2) is 8.05. The predicted molar refractivity (Wildman–Crippen MR) is 96.9 cm³/mol. The first-order valence-corrected chi connectivity index (χ1v) is 9.74. The Bertz CT molecular complexity index is 455. The average Bonchev–Trinajstić information content (AvgIpc) is 2.44. The molecule has 2 saturated carbocycles. The van der Waals surface area contributed by atoms with Crippen molar-refractivity contribution in [2.24, 2.45) is 11.8 Å². The second-order valence-corrected chi connectivity index (χ2v) is 9.43. The molecule has 0 aromatic heterocycles. The summed E-state index contributed by atoms with van der Waals surface area (Å²) in [6.45, 7) is 10.9. The molecule has 0 spiro atoms. The van der Waals surface area contributed by atoms with Gasteiger partial charge in [0.2, 0.25) is 0 Å². The van der Waals surface area contributed by atoms with Gasteiger partial charge in [-0.1, -0.05) is 0 Å². The molecule has 2 aliphatic carbocycles. The summed E-state index contributed by atoms with van der Waals surface area (Å²) in [5.41, 5.74) is -1.14. The van der Waals surface area contributed by atoms with Crippen LogP contribution in [-0.2, 0) is 18.9 Å². The third-order valence-electron chi connectivity index (χ3n) is 4.83. The van der Waals surface area contributed by atoms with E-state index in [0.717, 1.165) is 38.5 Å². The van der Waals surface area contributed by atoms with E-state index in [0.29, 0.717) is 0 Å². The molecule has 2 aliphatic rings. The van der Waals surface area contributed by atoms with Gasteiger partial charge in [-0.2, -0.15) is 0 Å². The highest BCUT2D eigenvalue weighted by molar-refractivity contribution is 5.61. The summed E-state index contributed by atoms with van der Waals surface area (Å²) in [7, 11) is 0. The zero-order valence-corrected chi connectivity index (χ0v) is 17.0. The molecule has 4 atom stereocenters. The maximum atomic E-state index is 12.1. The molecule has 26 heavy (non-hydrogen) atoms. The van der Waals surface area contributed by atoms with Crippen molar-refractivity contribution in [2.75, 3.05) is 0 Å². The van der Waals surface area contributed by atoms with E-state index in [-0.39, 0.29) is 24.0 Å². The Morgan fingerprint density at radius 2 is 1.00 bits per heavy atom. The zero-order valence-electron chi connectivity index (χ0n) is 17.0. The van der Waals surface area contributed by atoms with Crippen LogP contribution in [0.5, 0.6) is 0 Å². The fourth-order valence-electron chi connectivity index (χ4n) is 3.98. The van der Waals surface area contributed by atoms with Gasteiger partial charge in [0.05, 0.1) is 0 Å². The topological polar surface area (TPSA) is 71.1 Å². The van der Waals surface area contributed by atoms with Crippen molar-refractivity contribution in [3.63, 3.8) is 0 Å². The Kier molecular flexibility index (Phi) is 6.46. The SMILES string of the molecule is CC(C)(C)OC(=O)OC1CCCC2C(OC(=O)OC(C)(C)C)CCCC12. The maximum absolute atomic E-state index is 12.1. The molecule has 2 fully saturated rings. The summed E-state index contributed by atoms with van der Waals surface area (Å²) in [4.78, 5) is 24.1. The van der Waals surface area contributed by atoms with E-state index in [2.05, 4.69) is 0 Å². The van der Waals surface area contributed by atoms with Crippen LogP contribution >= 0.6 is 0 Å². The lowest BCUT2D eigenvalue weighted by Crippen LogP contribution is -2.46. The number of fused-ring (bicyclic) bond motifs is 1. The molecule has 0 N–H and O–H groups in total. The Labute approximate surface area is 156 Å². The number of ether oxygens (including phenoxy) is 4. The van der Waals surface area contributed by atoms with Crippen LogP contribution in [0.15, 0.2) is 0 Å². The van der Waals surface area contributed by atoms with Crippen LogP contribution in [0.3, 0.4) is 0 Å². The van der Waals surface area contributed by atoms with Crippen LogP contribution in [0, 0.1) is 11.8 Å².